The topological polar surface area (TPSA) is 64.4 Å². The third-order valence-electron chi connectivity index (χ3n) is 3.74. The predicted molar refractivity (Wildman–Crippen MR) is 65.6 cm³/mol. The molecule has 3 atom stereocenters. The zero-order valence-electron chi connectivity index (χ0n) is 9.22. The Hall–Kier alpha value is -1.61. The number of fused-ring (bicyclic) bond motifs is 1. The van der Waals surface area contributed by atoms with E-state index < -0.39 is 0 Å². The van der Waals surface area contributed by atoms with Crippen molar-refractivity contribution in [2.24, 2.45) is 28.3 Å². The van der Waals surface area contributed by atoms with Crippen molar-refractivity contribution in [2.75, 3.05) is 0 Å². The first-order valence-corrected chi connectivity index (χ1v) is 5.54. The molecule has 0 saturated heterocycles. The lowest BCUT2D eigenvalue weighted by Crippen LogP contribution is -2.32. The highest BCUT2D eigenvalue weighted by molar-refractivity contribution is 5.96. The molecule has 3 nitrogen and oxygen atoms in total. The molecule has 1 aromatic carbocycles. The van der Waals surface area contributed by atoms with Crippen LogP contribution in [0.5, 0.6) is 0 Å². The molecule has 0 aromatic heterocycles. The van der Waals surface area contributed by atoms with Gasteiger partial charge in [-0.1, -0.05) is 37.3 Å². The smallest absolute Gasteiger partial charge is 0.105 e. The van der Waals surface area contributed by atoms with Gasteiger partial charge in [0.2, 0.25) is 0 Å². The summed E-state index contributed by atoms with van der Waals surface area (Å²) in [6.07, 6.45) is 2.06. The van der Waals surface area contributed by atoms with Gasteiger partial charge in [-0.05, 0) is 17.6 Å². The van der Waals surface area contributed by atoms with E-state index in [2.05, 4.69) is 18.0 Å². The first-order chi connectivity index (χ1) is 7.63. The minimum absolute atomic E-state index is 0.236. The van der Waals surface area contributed by atoms with Gasteiger partial charge in [0.25, 0.3) is 0 Å². The number of hydrogen-bond acceptors (Lipinski definition) is 3. The number of aliphatic imine (C=N–C) groups is 1. The van der Waals surface area contributed by atoms with Crippen LogP contribution in [0.4, 0.5) is 0 Å². The van der Waals surface area contributed by atoms with E-state index in [9.17, 15) is 0 Å². The largest absolute Gasteiger partial charge is 0.387 e. The Morgan fingerprint density at radius 2 is 1.94 bits per heavy atom. The molecule has 1 aliphatic heterocycles. The summed E-state index contributed by atoms with van der Waals surface area (Å²) in [5, 5.41) is 0. The molecule has 2 aliphatic rings. The maximum absolute atomic E-state index is 6.28. The number of hydrogen-bond donors (Lipinski definition) is 2. The van der Waals surface area contributed by atoms with Crippen molar-refractivity contribution in [3.8, 4) is 0 Å². The molecule has 1 aliphatic carbocycles. The van der Waals surface area contributed by atoms with Crippen LogP contribution in [0.15, 0.2) is 41.4 Å². The fraction of sp³-hybridized carbons (Fsp3) is 0.308. The Labute approximate surface area is 94.9 Å². The van der Waals surface area contributed by atoms with Gasteiger partial charge < -0.3 is 11.5 Å². The molecule has 1 saturated carbocycles. The van der Waals surface area contributed by atoms with Crippen molar-refractivity contribution in [1.82, 2.24) is 0 Å². The van der Waals surface area contributed by atoms with Crippen LogP contribution < -0.4 is 11.5 Å². The van der Waals surface area contributed by atoms with E-state index in [0.29, 0.717) is 11.8 Å². The first-order valence-electron chi connectivity index (χ1n) is 5.54. The molecule has 1 aromatic rings. The van der Waals surface area contributed by atoms with E-state index >= 15 is 0 Å². The SMILES string of the molecule is CC1C2C(N)=NC(c3ccccc3)=CC12N. The number of benzene rings is 1. The molecule has 0 spiro atoms. The Balaban J connectivity index is 2.05. The minimum atomic E-state index is -0.267. The van der Waals surface area contributed by atoms with Crippen LogP contribution in [-0.4, -0.2) is 11.4 Å². The van der Waals surface area contributed by atoms with Crippen molar-refractivity contribution in [2.45, 2.75) is 12.5 Å². The van der Waals surface area contributed by atoms with Crippen LogP contribution in [0.2, 0.25) is 0 Å². The molecule has 1 fully saturated rings. The molecule has 3 unspecified atom stereocenters. The Bertz CT molecular complexity index is 489. The van der Waals surface area contributed by atoms with E-state index in [1.54, 1.807) is 0 Å². The molecule has 3 heteroatoms. The minimum Gasteiger partial charge on any atom is -0.387 e. The summed E-state index contributed by atoms with van der Waals surface area (Å²) >= 11 is 0. The van der Waals surface area contributed by atoms with Crippen LogP contribution in [0, 0.1) is 11.8 Å². The highest BCUT2D eigenvalue weighted by Crippen LogP contribution is 2.52. The number of rotatable bonds is 1. The summed E-state index contributed by atoms with van der Waals surface area (Å²) in [5.41, 5.74) is 13.9. The summed E-state index contributed by atoms with van der Waals surface area (Å²) in [6, 6.07) is 10.0. The van der Waals surface area contributed by atoms with Gasteiger partial charge in [-0.15, -0.1) is 0 Å². The van der Waals surface area contributed by atoms with Crippen LogP contribution in [0.3, 0.4) is 0 Å². The average molecular weight is 213 g/mol. The number of nitrogens with zero attached hydrogens (tertiary/aromatic N) is 1. The molecule has 0 amide bonds. The van der Waals surface area contributed by atoms with E-state index in [1.165, 1.54) is 0 Å². The van der Waals surface area contributed by atoms with Gasteiger partial charge in [0.15, 0.2) is 0 Å². The van der Waals surface area contributed by atoms with Gasteiger partial charge >= 0.3 is 0 Å². The maximum Gasteiger partial charge on any atom is 0.105 e. The molecule has 0 radical (unpaired) electrons. The van der Waals surface area contributed by atoms with Crippen LogP contribution >= 0.6 is 0 Å². The summed E-state index contributed by atoms with van der Waals surface area (Å²) in [5.74, 6) is 1.31. The Morgan fingerprint density at radius 1 is 1.25 bits per heavy atom. The monoisotopic (exact) mass is 213 g/mol. The Morgan fingerprint density at radius 3 is 2.56 bits per heavy atom. The summed E-state index contributed by atoms with van der Waals surface area (Å²) in [4.78, 5) is 4.45. The van der Waals surface area contributed by atoms with Crippen molar-refractivity contribution in [3.05, 3.63) is 42.0 Å². The van der Waals surface area contributed by atoms with Crippen molar-refractivity contribution in [3.63, 3.8) is 0 Å². The molecule has 4 N–H and O–H groups in total. The normalized spacial score (nSPS) is 36.1. The Kier molecular flexibility index (Phi) is 1.77. The molecule has 1 heterocycles. The number of nitrogens with two attached hydrogens (primary N) is 2. The fourth-order valence-corrected chi connectivity index (χ4v) is 2.58. The third-order valence-corrected chi connectivity index (χ3v) is 3.74. The summed E-state index contributed by atoms with van der Waals surface area (Å²) < 4.78 is 0. The van der Waals surface area contributed by atoms with Gasteiger partial charge in [0.1, 0.15) is 5.84 Å². The van der Waals surface area contributed by atoms with Gasteiger partial charge in [0.05, 0.1) is 5.70 Å². The van der Waals surface area contributed by atoms with Gasteiger partial charge in [-0.25, -0.2) is 4.99 Å². The lowest BCUT2D eigenvalue weighted by Gasteiger charge is -2.14. The van der Waals surface area contributed by atoms with Gasteiger partial charge in [-0.3, -0.25) is 0 Å². The lowest BCUT2D eigenvalue weighted by atomic mass is 10.0. The van der Waals surface area contributed by atoms with Gasteiger partial charge in [0, 0.05) is 11.5 Å². The molecule has 3 rings (SSSR count). The second-order valence-corrected chi connectivity index (χ2v) is 4.70. The average Bonchev–Trinajstić information content (AvgIpc) is 2.83. The molecular formula is C13H15N3. The maximum atomic E-state index is 6.28. The standard InChI is InChI=1S/C13H15N3/c1-8-11-12(14)16-10(7-13(8,11)15)9-5-3-2-4-6-9/h2-8,11H,15H2,1H3,(H2,14,16). The first kappa shape index (κ1) is 9.60. The zero-order valence-corrected chi connectivity index (χ0v) is 9.22. The van der Waals surface area contributed by atoms with Crippen LogP contribution in [0.1, 0.15) is 12.5 Å². The van der Waals surface area contributed by atoms with Crippen molar-refractivity contribution < 1.29 is 0 Å². The van der Waals surface area contributed by atoms with E-state index in [-0.39, 0.29) is 11.5 Å². The zero-order chi connectivity index (χ0) is 11.3. The highest BCUT2D eigenvalue weighted by atomic mass is 15.0. The van der Waals surface area contributed by atoms with Crippen molar-refractivity contribution in [1.29, 1.82) is 0 Å². The lowest BCUT2D eigenvalue weighted by molar-refractivity contribution is 0.752. The van der Waals surface area contributed by atoms with Crippen molar-refractivity contribution >= 4 is 11.5 Å². The van der Waals surface area contributed by atoms with E-state index in [0.717, 1.165) is 11.3 Å². The van der Waals surface area contributed by atoms with E-state index in [4.69, 9.17) is 11.5 Å². The molecular weight excluding hydrogens is 198 g/mol. The quantitative estimate of drug-likeness (QED) is 0.739. The number of amidine groups is 1. The predicted octanol–water partition coefficient (Wildman–Crippen LogP) is 1.36. The van der Waals surface area contributed by atoms with Gasteiger partial charge in [-0.2, -0.15) is 0 Å². The summed E-state index contributed by atoms with van der Waals surface area (Å²) in [6.45, 7) is 2.12. The third kappa shape index (κ3) is 1.15. The van der Waals surface area contributed by atoms with E-state index in [1.807, 2.05) is 30.3 Å². The highest BCUT2D eigenvalue weighted by Gasteiger charge is 2.61. The molecule has 82 valence electrons. The molecule has 16 heavy (non-hydrogen) atoms. The second kappa shape index (κ2) is 2.95. The van der Waals surface area contributed by atoms with Crippen LogP contribution in [-0.2, 0) is 0 Å². The van der Waals surface area contributed by atoms with Crippen LogP contribution in [0.25, 0.3) is 5.70 Å². The fourth-order valence-electron chi connectivity index (χ4n) is 2.58. The molecule has 0 bridgehead atoms. The second-order valence-electron chi connectivity index (χ2n) is 4.70. The summed E-state index contributed by atoms with van der Waals surface area (Å²) in [7, 11) is 0.